The molecule has 1 aliphatic heterocycles. The van der Waals surface area contributed by atoms with Gasteiger partial charge in [0.15, 0.2) is 0 Å². The molecule has 2 rings (SSSR count). The van der Waals surface area contributed by atoms with Crippen LogP contribution >= 0.6 is 11.6 Å². The third-order valence-electron chi connectivity index (χ3n) is 2.06. The van der Waals surface area contributed by atoms with Crippen molar-refractivity contribution in [1.82, 2.24) is 0 Å². The Balaban J connectivity index is 2.50. The van der Waals surface area contributed by atoms with Crippen molar-refractivity contribution < 1.29 is 4.74 Å². The van der Waals surface area contributed by atoms with Gasteiger partial charge in [0, 0.05) is 18.1 Å². The molecule has 0 radical (unpaired) electrons. The maximum absolute atomic E-state index is 10.3. The lowest BCUT2D eigenvalue weighted by molar-refractivity contribution is 0.254. The van der Waals surface area contributed by atoms with Crippen LogP contribution in [0.2, 0.25) is 5.02 Å². The summed E-state index contributed by atoms with van der Waals surface area (Å²) in [6.45, 7) is 1.97. The van der Waals surface area contributed by atoms with Crippen molar-refractivity contribution in [2.24, 2.45) is 5.18 Å². The lowest BCUT2D eigenvalue weighted by Crippen LogP contribution is -2.05. The van der Waals surface area contributed by atoms with Gasteiger partial charge in [0.05, 0.1) is 5.02 Å². The summed E-state index contributed by atoms with van der Waals surface area (Å²) < 4.78 is 5.46. The van der Waals surface area contributed by atoms with Crippen LogP contribution in [0.1, 0.15) is 12.5 Å². The smallest absolute Gasteiger partial charge is 0.127 e. The second-order valence-electron chi connectivity index (χ2n) is 3.14. The molecule has 3 nitrogen and oxygen atoms in total. The van der Waals surface area contributed by atoms with Gasteiger partial charge < -0.3 is 4.74 Å². The van der Waals surface area contributed by atoms with Crippen molar-refractivity contribution in [2.75, 3.05) is 0 Å². The van der Waals surface area contributed by atoms with Gasteiger partial charge >= 0.3 is 0 Å². The second-order valence-corrected chi connectivity index (χ2v) is 3.54. The van der Waals surface area contributed by atoms with E-state index < -0.39 is 0 Å². The maximum Gasteiger partial charge on any atom is 0.127 e. The zero-order valence-electron chi connectivity index (χ0n) is 7.08. The largest absolute Gasteiger partial charge is 0.490 e. The number of hydrogen-bond acceptors (Lipinski definition) is 3. The topological polar surface area (TPSA) is 38.7 Å². The first kappa shape index (κ1) is 8.51. The Morgan fingerprint density at radius 2 is 2.38 bits per heavy atom. The highest BCUT2D eigenvalue weighted by Gasteiger charge is 2.20. The van der Waals surface area contributed by atoms with Crippen LogP contribution in [-0.2, 0) is 6.42 Å². The van der Waals surface area contributed by atoms with E-state index in [-0.39, 0.29) is 11.8 Å². The van der Waals surface area contributed by atoms with Crippen molar-refractivity contribution in [1.29, 1.82) is 0 Å². The van der Waals surface area contributed by atoms with Crippen LogP contribution < -0.4 is 4.74 Å². The molecular formula is C9H8ClNO2. The molecule has 0 bridgehead atoms. The van der Waals surface area contributed by atoms with Crippen molar-refractivity contribution in [2.45, 2.75) is 19.4 Å². The molecule has 1 aromatic carbocycles. The zero-order chi connectivity index (χ0) is 9.42. The fourth-order valence-electron chi connectivity index (χ4n) is 1.49. The van der Waals surface area contributed by atoms with Crippen LogP contribution in [0.25, 0.3) is 0 Å². The van der Waals surface area contributed by atoms with E-state index in [9.17, 15) is 4.91 Å². The number of rotatable bonds is 1. The van der Waals surface area contributed by atoms with Crippen molar-refractivity contribution in [3.8, 4) is 5.75 Å². The minimum absolute atomic E-state index is 0.160. The maximum atomic E-state index is 10.3. The molecule has 0 amide bonds. The lowest BCUT2D eigenvalue weighted by Gasteiger charge is -2.02. The highest BCUT2D eigenvalue weighted by Crippen LogP contribution is 2.37. The molecule has 0 aliphatic carbocycles. The van der Waals surface area contributed by atoms with E-state index in [0.29, 0.717) is 5.02 Å². The fraction of sp³-hybridized carbons (Fsp3) is 0.333. The minimum atomic E-state index is 0.160. The van der Waals surface area contributed by atoms with Crippen LogP contribution in [0.15, 0.2) is 17.3 Å². The molecular weight excluding hydrogens is 190 g/mol. The minimum Gasteiger partial charge on any atom is -0.490 e. The monoisotopic (exact) mass is 197 g/mol. The molecule has 1 aliphatic rings. The molecule has 1 heterocycles. The standard InChI is InChI=1S/C9H8ClNO2/c1-5-2-6-3-8(11-12)7(10)4-9(6)13-5/h3-5H,2H2,1H3. The van der Waals surface area contributed by atoms with E-state index in [4.69, 9.17) is 16.3 Å². The third-order valence-corrected chi connectivity index (χ3v) is 2.37. The first-order valence-corrected chi connectivity index (χ1v) is 4.41. The molecule has 13 heavy (non-hydrogen) atoms. The van der Waals surface area contributed by atoms with Crippen LogP contribution in [0.3, 0.4) is 0 Å². The summed E-state index contributed by atoms with van der Waals surface area (Å²) in [5.41, 5.74) is 1.30. The van der Waals surface area contributed by atoms with Gasteiger partial charge in [0.2, 0.25) is 0 Å². The molecule has 68 valence electrons. The average molecular weight is 198 g/mol. The van der Waals surface area contributed by atoms with Crippen LogP contribution in [-0.4, -0.2) is 6.10 Å². The van der Waals surface area contributed by atoms with Gasteiger partial charge in [-0.1, -0.05) is 11.6 Å². The van der Waals surface area contributed by atoms with Crippen LogP contribution in [0, 0.1) is 4.91 Å². The molecule has 0 N–H and O–H groups in total. The molecule has 0 spiro atoms. The summed E-state index contributed by atoms with van der Waals surface area (Å²) in [6, 6.07) is 3.34. The van der Waals surface area contributed by atoms with E-state index in [1.807, 2.05) is 6.92 Å². The van der Waals surface area contributed by atoms with Gasteiger partial charge in [-0.05, 0) is 18.2 Å². The summed E-state index contributed by atoms with van der Waals surface area (Å²) >= 11 is 5.78. The number of ether oxygens (including phenoxy) is 1. The van der Waals surface area contributed by atoms with Gasteiger partial charge in [0.1, 0.15) is 17.5 Å². The van der Waals surface area contributed by atoms with E-state index >= 15 is 0 Å². The summed E-state index contributed by atoms with van der Waals surface area (Å²) in [7, 11) is 0. The normalized spacial score (nSPS) is 19.4. The Hall–Kier alpha value is -1.09. The second kappa shape index (κ2) is 3.00. The lowest BCUT2D eigenvalue weighted by atomic mass is 10.1. The van der Waals surface area contributed by atoms with Crippen LogP contribution in [0.4, 0.5) is 5.69 Å². The highest BCUT2D eigenvalue weighted by molar-refractivity contribution is 6.33. The Bertz CT molecular complexity index is 365. The Morgan fingerprint density at radius 3 is 3.08 bits per heavy atom. The highest BCUT2D eigenvalue weighted by atomic mass is 35.5. The fourth-order valence-corrected chi connectivity index (χ4v) is 1.68. The van der Waals surface area contributed by atoms with E-state index in [2.05, 4.69) is 5.18 Å². The molecule has 0 aromatic heterocycles. The average Bonchev–Trinajstić information content (AvgIpc) is 2.42. The van der Waals surface area contributed by atoms with Gasteiger partial charge in [-0.2, -0.15) is 0 Å². The number of hydrogen-bond donors (Lipinski definition) is 0. The van der Waals surface area contributed by atoms with Gasteiger partial charge in [-0.15, -0.1) is 4.91 Å². The number of nitroso groups, excluding NO2 is 1. The van der Waals surface area contributed by atoms with Gasteiger partial charge in [-0.25, -0.2) is 0 Å². The predicted octanol–water partition coefficient (Wildman–Crippen LogP) is 3.06. The number of halogens is 1. The SMILES string of the molecule is CC1Cc2cc(N=O)c(Cl)cc2O1. The molecule has 4 heteroatoms. The summed E-state index contributed by atoms with van der Waals surface area (Å²) in [5, 5.41) is 3.18. The third kappa shape index (κ3) is 1.40. The summed E-state index contributed by atoms with van der Waals surface area (Å²) in [5.74, 6) is 0.768. The Morgan fingerprint density at radius 1 is 1.62 bits per heavy atom. The summed E-state index contributed by atoms with van der Waals surface area (Å²) in [6.07, 6.45) is 0.975. The first-order valence-electron chi connectivity index (χ1n) is 4.03. The molecule has 1 atom stereocenters. The molecule has 0 fully saturated rings. The molecule has 0 saturated heterocycles. The van der Waals surface area contributed by atoms with Crippen molar-refractivity contribution in [3.05, 3.63) is 27.6 Å². The van der Waals surface area contributed by atoms with E-state index in [0.717, 1.165) is 17.7 Å². The first-order chi connectivity index (χ1) is 6.20. The molecule has 0 saturated carbocycles. The van der Waals surface area contributed by atoms with E-state index in [1.54, 1.807) is 12.1 Å². The van der Waals surface area contributed by atoms with Crippen molar-refractivity contribution >= 4 is 17.3 Å². The quantitative estimate of drug-likeness (QED) is 0.649. The number of nitrogens with zero attached hydrogens (tertiary/aromatic N) is 1. The number of benzene rings is 1. The van der Waals surface area contributed by atoms with Crippen LogP contribution in [0.5, 0.6) is 5.75 Å². The van der Waals surface area contributed by atoms with Crippen molar-refractivity contribution in [3.63, 3.8) is 0 Å². The van der Waals surface area contributed by atoms with Gasteiger partial charge in [-0.3, -0.25) is 0 Å². The van der Waals surface area contributed by atoms with E-state index in [1.165, 1.54) is 0 Å². The zero-order valence-corrected chi connectivity index (χ0v) is 7.84. The van der Waals surface area contributed by atoms with Gasteiger partial charge in [0.25, 0.3) is 0 Å². The molecule has 1 aromatic rings. The predicted molar refractivity (Wildman–Crippen MR) is 50.7 cm³/mol. The Labute approximate surface area is 80.6 Å². The number of fused-ring (bicyclic) bond motifs is 1. The summed E-state index contributed by atoms with van der Waals surface area (Å²) in [4.78, 5) is 10.3. The molecule has 1 unspecified atom stereocenters. The Kier molecular flexibility index (Phi) is 1.96.